The number of esters is 1. The van der Waals surface area contributed by atoms with Crippen LogP contribution in [0.15, 0.2) is 84.0 Å². The minimum Gasteiger partial charge on any atom is -0.497 e. The number of carbonyl (C=O) groups is 1. The lowest BCUT2D eigenvalue weighted by Gasteiger charge is -2.07. The number of para-hydroxylation sites is 1. The number of carbonyl (C=O) groups excluding carboxylic acids is 1. The minimum atomic E-state index is -0.333. The van der Waals surface area contributed by atoms with E-state index in [1.165, 1.54) is 7.11 Å². The van der Waals surface area contributed by atoms with Crippen molar-refractivity contribution in [2.75, 3.05) is 14.2 Å². The molecule has 0 aliphatic heterocycles. The molecule has 0 fully saturated rings. The highest BCUT2D eigenvalue weighted by atomic mass is 16.5. The fourth-order valence-electron chi connectivity index (χ4n) is 3.45. The van der Waals surface area contributed by atoms with E-state index >= 15 is 0 Å². The van der Waals surface area contributed by atoms with E-state index in [9.17, 15) is 4.79 Å². The van der Waals surface area contributed by atoms with Crippen molar-refractivity contribution in [2.45, 2.75) is 6.54 Å². The molecule has 0 unspecified atom stereocenters. The fourth-order valence-corrected chi connectivity index (χ4v) is 3.45. The standard InChI is InChI=1S/C25H22N2O3/c1-29-22-10-6-9-21(14-22)26-15-20-17-27(24-12-4-3-11-23(20)24)16-18-7-5-8-19(13-18)25(28)30-2/h3-15,17H,16H2,1-2H3. The van der Waals surface area contributed by atoms with Gasteiger partial charge in [-0.1, -0.05) is 36.4 Å². The van der Waals surface area contributed by atoms with Gasteiger partial charge < -0.3 is 14.0 Å². The first-order chi connectivity index (χ1) is 14.7. The molecule has 4 rings (SSSR count). The quantitative estimate of drug-likeness (QED) is 0.330. The third kappa shape index (κ3) is 4.10. The maximum Gasteiger partial charge on any atom is 0.337 e. The first-order valence-corrected chi connectivity index (χ1v) is 9.61. The maximum absolute atomic E-state index is 11.8. The van der Waals surface area contributed by atoms with Crippen molar-refractivity contribution in [1.82, 2.24) is 4.57 Å². The lowest BCUT2D eigenvalue weighted by Crippen LogP contribution is -2.03. The number of hydrogen-bond donors (Lipinski definition) is 0. The van der Waals surface area contributed by atoms with Crippen molar-refractivity contribution in [3.8, 4) is 5.75 Å². The lowest BCUT2D eigenvalue weighted by molar-refractivity contribution is 0.0600. The second-order valence-corrected chi connectivity index (χ2v) is 6.88. The van der Waals surface area contributed by atoms with Gasteiger partial charge in [0.2, 0.25) is 0 Å². The molecule has 0 spiro atoms. The molecule has 0 N–H and O–H groups in total. The summed E-state index contributed by atoms with van der Waals surface area (Å²) in [5.74, 6) is 0.442. The Kier molecular flexibility index (Phi) is 5.61. The van der Waals surface area contributed by atoms with Gasteiger partial charge in [-0.15, -0.1) is 0 Å². The van der Waals surface area contributed by atoms with Crippen LogP contribution < -0.4 is 4.74 Å². The highest BCUT2D eigenvalue weighted by Gasteiger charge is 2.09. The first-order valence-electron chi connectivity index (χ1n) is 9.61. The zero-order valence-electron chi connectivity index (χ0n) is 16.9. The molecular weight excluding hydrogens is 376 g/mol. The van der Waals surface area contributed by atoms with Gasteiger partial charge in [0.15, 0.2) is 0 Å². The van der Waals surface area contributed by atoms with Crippen LogP contribution in [0.5, 0.6) is 5.75 Å². The molecule has 1 aromatic heterocycles. The van der Waals surface area contributed by atoms with E-state index in [1.807, 2.05) is 60.8 Å². The van der Waals surface area contributed by atoms with Gasteiger partial charge in [-0.3, -0.25) is 4.99 Å². The molecule has 1 heterocycles. The van der Waals surface area contributed by atoms with Gasteiger partial charge in [0.25, 0.3) is 0 Å². The van der Waals surface area contributed by atoms with Crippen LogP contribution in [0.25, 0.3) is 10.9 Å². The summed E-state index contributed by atoms with van der Waals surface area (Å²) in [7, 11) is 3.04. The molecular formula is C25H22N2O3. The van der Waals surface area contributed by atoms with Crippen molar-refractivity contribution >= 4 is 28.8 Å². The van der Waals surface area contributed by atoms with Crippen LogP contribution >= 0.6 is 0 Å². The van der Waals surface area contributed by atoms with E-state index in [2.05, 4.69) is 27.9 Å². The maximum atomic E-state index is 11.8. The normalized spacial score (nSPS) is 11.1. The molecule has 0 amide bonds. The minimum absolute atomic E-state index is 0.333. The number of aliphatic imine (C=N–C) groups is 1. The molecule has 5 heteroatoms. The Labute approximate surface area is 175 Å². The van der Waals surface area contributed by atoms with Gasteiger partial charge in [0.1, 0.15) is 5.75 Å². The topological polar surface area (TPSA) is 52.8 Å². The lowest BCUT2D eigenvalue weighted by atomic mass is 10.1. The molecule has 5 nitrogen and oxygen atoms in total. The number of aromatic nitrogens is 1. The first kappa shape index (κ1) is 19.5. The molecule has 0 bridgehead atoms. The summed E-state index contributed by atoms with van der Waals surface area (Å²) < 4.78 is 12.3. The van der Waals surface area contributed by atoms with Crippen LogP contribution in [-0.4, -0.2) is 31.0 Å². The largest absolute Gasteiger partial charge is 0.497 e. The van der Waals surface area contributed by atoms with E-state index in [0.29, 0.717) is 12.1 Å². The molecule has 0 atom stereocenters. The van der Waals surface area contributed by atoms with Crippen LogP contribution in [0.4, 0.5) is 5.69 Å². The number of fused-ring (bicyclic) bond motifs is 1. The van der Waals surface area contributed by atoms with Crippen LogP contribution in [-0.2, 0) is 11.3 Å². The van der Waals surface area contributed by atoms with E-state index in [4.69, 9.17) is 9.47 Å². The van der Waals surface area contributed by atoms with Crippen LogP contribution in [0.2, 0.25) is 0 Å². The molecule has 150 valence electrons. The molecule has 0 saturated carbocycles. The highest BCUT2D eigenvalue weighted by molar-refractivity contribution is 6.00. The SMILES string of the molecule is COC(=O)c1cccc(Cn2cc(C=Nc3cccc(OC)c3)c3ccccc32)c1. The Balaban J connectivity index is 1.67. The summed E-state index contributed by atoms with van der Waals surface area (Å²) in [6.07, 6.45) is 3.96. The van der Waals surface area contributed by atoms with Gasteiger partial charge in [-0.2, -0.15) is 0 Å². The number of rotatable bonds is 6. The Morgan fingerprint density at radius 1 is 1.00 bits per heavy atom. The van der Waals surface area contributed by atoms with Crippen molar-refractivity contribution in [1.29, 1.82) is 0 Å². The molecule has 4 aromatic rings. The third-order valence-corrected chi connectivity index (χ3v) is 4.93. The molecule has 0 aliphatic carbocycles. The summed E-state index contributed by atoms with van der Waals surface area (Å²) in [5, 5.41) is 1.12. The van der Waals surface area contributed by atoms with Crippen LogP contribution in [0, 0.1) is 0 Å². The Hall–Kier alpha value is -3.86. The van der Waals surface area contributed by atoms with E-state index < -0.39 is 0 Å². The van der Waals surface area contributed by atoms with Crippen molar-refractivity contribution in [3.05, 3.63) is 95.7 Å². The molecule has 3 aromatic carbocycles. The molecule has 0 radical (unpaired) electrons. The average molecular weight is 398 g/mol. The Morgan fingerprint density at radius 2 is 1.83 bits per heavy atom. The van der Waals surface area contributed by atoms with Gasteiger partial charge in [-0.05, 0) is 35.9 Å². The summed E-state index contributed by atoms with van der Waals surface area (Å²) in [6.45, 7) is 0.637. The summed E-state index contributed by atoms with van der Waals surface area (Å²) >= 11 is 0. The van der Waals surface area contributed by atoms with E-state index in [0.717, 1.165) is 33.5 Å². The third-order valence-electron chi connectivity index (χ3n) is 4.93. The predicted molar refractivity (Wildman–Crippen MR) is 119 cm³/mol. The summed E-state index contributed by atoms with van der Waals surface area (Å²) in [6, 6.07) is 23.4. The molecule has 30 heavy (non-hydrogen) atoms. The van der Waals surface area contributed by atoms with Gasteiger partial charge in [0, 0.05) is 41.5 Å². The average Bonchev–Trinajstić information content (AvgIpc) is 3.15. The Morgan fingerprint density at radius 3 is 2.67 bits per heavy atom. The number of ether oxygens (including phenoxy) is 2. The Bertz CT molecular complexity index is 1220. The monoisotopic (exact) mass is 398 g/mol. The van der Waals surface area contributed by atoms with Gasteiger partial charge in [0.05, 0.1) is 25.5 Å². The molecule has 0 saturated heterocycles. The number of benzene rings is 3. The predicted octanol–water partition coefficient (Wildman–Crippen LogP) is 5.24. The zero-order valence-corrected chi connectivity index (χ0v) is 16.9. The highest BCUT2D eigenvalue weighted by Crippen LogP contribution is 2.24. The van der Waals surface area contributed by atoms with E-state index in [1.54, 1.807) is 13.2 Å². The van der Waals surface area contributed by atoms with Gasteiger partial charge >= 0.3 is 5.97 Å². The van der Waals surface area contributed by atoms with Crippen molar-refractivity contribution in [3.63, 3.8) is 0 Å². The summed E-state index contributed by atoms with van der Waals surface area (Å²) in [5.41, 5.74) is 4.53. The zero-order chi connectivity index (χ0) is 20.9. The van der Waals surface area contributed by atoms with Crippen LogP contribution in [0.3, 0.4) is 0 Å². The molecule has 0 aliphatic rings. The van der Waals surface area contributed by atoms with Crippen LogP contribution in [0.1, 0.15) is 21.5 Å². The second-order valence-electron chi connectivity index (χ2n) is 6.88. The van der Waals surface area contributed by atoms with Crippen molar-refractivity contribution < 1.29 is 14.3 Å². The van der Waals surface area contributed by atoms with Crippen molar-refractivity contribution in [2.24, 2.45) is 4.99 Å². The number of nitrogens with zero attached hydrogens (tertiary/aromatic N) is 2. The number of methoxy groups -OCH3 is 2. The van der Waals surface area contributed by atoms with Gasteiger partial charge in [-0.25, -0.2) is 4.79 Å². The fraction of sp³-hybridized carbons (Fsp3) is 0.120. The van der Waals surface area contributed by atoms with E-state index in [-0.39, 0.29) is 5.97 Å². The second kappa shape index (κ2) is 8.66. The number of hydrogen-bond acceptors (Lipinski definition) is 4. The smallest absolute Gasteiger partial charge is 0.337 e. The summed E-state index contributed by atoms with van der Waals surface area (Å²) in [4.78, 5) is 16.5.